The Morgan fingerprint density at radius 1 is 1.31 bits per heavy atom. The maximum Gasteiger partial charge on any atom is 0.319 e. The first-order chi connectivity index (χ1) is 12.7. The molecule has 0 fully saturated rings. The predicted octanol–water partition coefficient (Wildman–Crippen LogP) is 2.10. The number of carbonyl (C=O) groups excluding carboxylic acids is 1. The minimum absolute atomic E-state index is 0.0482. The number of tetrazole rings is 1. The van der Waals surface area contributed by atoms with Gasteiger partial charge in [-0.15, -0.1) is 5.10 Å². The van der Waals surface area contributed by atoms with Gasteiger partial charge in [0.25, 0.3) is 0 Å². The lowest BCUT2D eigenvalue weighted by atomic mass is 10.1. The van der Waals surface area contributed by atoms with Gasteiger partial charge in [0.15, 0.2) is 0 Å². The fourth-order valence-corrected chi connectivity index (χ4v) is 2.96. The first kappa shape index (κ1) is 16.1. The number of aryl methyl sites for hydroxylation is 1. The molecule has 1 aliphatic heterocycles. The number of nitrogens with zero attached hydrogens (tertiary/aromatic N) is 4. The maximum absolute atomic E-state index is 12.2. The van der Waals surface area contributed by atoms with Crippen LogP contribution >= 0.6 is 0 Å². The van der Waals surface area contributed by atoms with Crippen molar-refractivity contribution in [2.75, 3.05) is 11.9 Å². The third-order valence-corrected chi connectivity index (χ3v) is 4.27. The molecule has 0 aliphatic carbocycles. The number of hydrogen-bond donors (Lipinski definition) is 2. The third-order valence-electron chi connectivity index (χ3n) is 4.27. The van der Waals surface area contributed by atoms with E-state index in [4.69, 9.17) is 4.74 Å². The maximum atomic E-state index is 12.2. The summed E-state index contributed by atoms with van der Waals surface area (Å²) in [6.07, 6.45) is 2.26. The average Bonchev–Trinajstić information content (AvgIpc) is 3.31. The summed E-state index contributed by atoms with van der Waals surface area (Å²) < 4.78 is 7.38. The molecule has 132 valence electrons. The highest BCUT2D eigenvalue weighted by Crippen LogP contribution is 2.27. The molecule has 0 bridgehead atoms. The summed E-state index contributed by atoms with van der Waals surface area (Å²) in [4.78, 5) is 12.2. The highest BCUT2D eigenvalue weighted by atomic mass is 16.5. The Balaban J connectivity index is 1.35. The Kier molecular flexibility index (Phi) is 4.22. The molecule has 1 atom stereocenters. The van der Waals surface area contributed by atoms with Gasteiger partial charge in [-0.25, -0.2) is 9.48 Å². The first-order valence-electron chi connectivity index (χ1n) is 8.32. The molecule has 2 heterocycles. The standard InChI is InChI=1S/C18H18N6O2/c1-12-6-7-14(9-16(12)24-11-20-22-23-24)21-18(25)19-10-15-8-13-4-2-3-5-17(13)26-15/h2-7,9,11,15H,8,10H2,1H3,(H2,19,21,25). The molecule has 0 radical (unpaired) electrons. The van der Waals surface area contributed by atoms with E-state index in [9.17, 15) is 4.79 Å². The van der Waals surface area contributed by atoms with Gasteiger partial charge in [0, 0.05) is 12.1 Å². The Hall–Kier alpha value is -3.42. The molecule has 2 amide bonds. The molecular weight excluding hydrogens is 332 g/mol. The van der Waals surface area contributed by atoms with Crippen molar-refractivity contribution in [3.8, 4) is 11.4 Å². The number of rotatable bonds is 4. The van der Waals surface area contributed by atoms with Crippen molar-refractivity contribution in [3.63, 3.8) is 0 Å². The van der Waals surface area contributed by atoms with Crippen LogP contribution in [-0.2, 0) is 6.42 Å². The summed E-state index contributed by atoms with van der Waals surface area (Å²) in [6.45, 7) is 2.39. The van der Waals surface area contributed by atoms with Crippen LogP contribution in [0.5, 0.6) is 5.75 Å². The molecule has 4 rings (SSSR count). The van der Waals surface area contributed by atoms with E-state index in [1.54, 1.807) is 4.68 Å². The van der Waals surface area contributed by atoms with E-state index in [2.05, 4.69) is 26.2 Å². The van der Waals surface area contributed by atoms with Gasteiger partial charge in [-0.2, -0.15) is 0 Å². The topological polar surface area (TPSA) is 94.0 Å². The van der Waals surface area contributed by atoms with Crippen LogP contribution in [0.1, 0.15) is 11.1 Å². The van der Waals surface area contributed by atoms with Crippen molar-refractivity contribution in [1.82, 2.24) is 25.5 Å². The molecule has 3 aromatic rings. The zero-order chi connectivity index (χ0) is 17.9. The van der Waals surface area contributed by atoms with Gasteiger partial charge >= 0.3 is 6.03 Å². The molecule has 2 N–H and O–H groups in total. The van der Waals surface area contributed by atoms with E-state index in [1.165, 1.54) is 11.9 Å². The van der Waals surface area contributed by atoms with Crippen molar-refractivity contribution in [3.05, 3.63) is 59.9 Å². The zero-order valence-electron chi connectivity index (χ0n) is 14.2. The molecule has 1 aromatic heterocycles. The SMILES string of the molecule is Cc1ccc(NC(=O)NCC2Cc3ccccc3O2)cc1-n1cnnn1. The van der Waals surface area contributed by atoms with Crippen LogP contribution < -0.4 is 15.4 Å². The second-order valence-electron chi connectivity index (χ2n) is 6.14. The van der Waals surface area contributed by atoms with Crippen molar-refractivity contribution in [2.45, 2.75) is 19.4 Å². The van der Waals surface area contributed by atoms with Gasteiger partial charge in [0.05, 0.1) is 12.2 Å². The van der Waals surface area contributed by atoms with Crippen LogP contribution in [0, 0.1) is 6.92 Å². The number of benzene rings is 2. The van der Waals surface area contributed by atoms with Gasteiger partial charge in [-0.3, -0.25) is 0 Å². The summed E-state index contributed by atoms with van der Waals surface area (Å²) in [6, 6.07) is 13.2. The van der Waals surface area contributed by atoms with Gasteiger partial charge in [-0.1, -0.05) is 24.3 Å². The van der Waals surface area contributed by atoms with Gasteiger partial charge in [-0.05, 0) is 46.7 Å². The fourth-order valence-electron chi connectivity index (χ4n) is 2.96. The predicted molar refractivity (Wildman–Crippen MR) is 95.5 cm³/mol. The molecule has 0 saturated carbocycles. The largest absolute Gasteiger partial charge is 0.488 e. The number of ether oxygens (including phenoxy) is 1. The number of carbonyl (C=O) groups is 1. The van der Waals surface area contributed by atoms with Gasteiger partial charge < -0.3 is 15.4 Å². The Morgan fingerprint density at radius 2 is 2.19 bits per heavy atom. The van der Waals surface area contributed by atoms with Crippen LogP contribution in [0.25, 0.3) is 5.69 Å². The van der Waals surface area contributed by atoms with Crippen molar-refractivity contribution < 1.29 is 9.53 Å². The van der Waals surface area contributed by atoms with Crippen LogP contribution in [-0.4, -0.2) is 38.9 Å². The van der Waals surface area contributed by atoms with Crippen molar-refractivity contribution in [1.29, 1.82) is 0 Å². The summed E-state index contributed by atoms with van der Waals surface area (Å²) in [5, 5.41) is 16.8. The number of aromatic nitrogens is 4. The molecule has 0 saturated heterocycles. The zero-order valence-corrected chi connectivity index (χ0v) is 14.2. The Morgan fingerprint density at radius 3 is 3.00 bits per heavy atom. The molecule has 1 unspecified atom stereocenters. The number of urea groups is 1. The summed E-state index contributed by atoms with van der Waals surface area (Å²) in [7, 11) is 0. The smallest absolute Gasteiger partial charge is 0.319 e. The normalized spacial score (nSPS) is 15.2. The molecule has 1 aliphatic rings. The first-order valence-corrected chi connectivity index (χ1v) is 8.32. The molecular formula is C18H18N6O2. The lowest BCUT2D eigenvalue weighted by molar-refractivity contribution is 0.219. The summed E-state index contributed by atoms with van der Waals surface area (Å²) in [5.41, 5.74) is 3.64. The number of anilines is 1. The molecule has 0 spiro atoms. The highest BCUT2D eigenvalue weighted by Gasteiger charge is 2.22. The number of fused-ring (bicyclic) bond motifs is 1. The fraction of sp³-hybridized carbons (Fsp3) is 0.222. The van der Waals surface area contributed by atoms with E-state index in [1.807, 2.05) is 49.4 Å². The van der Waals surface area contributed by atoms with E-state index < -0.39 is 0 Å². The summed E-state index contributed by atoms with van der Waals surface area (Å²) in [5.74, 6) is 0.893. The van der Waals surface area contributed by atoms with E-state index in [0.717, 1.165) is 23.4 Å². The second kappa shape index (κ2) is 6.83. The molecule has 26 heavy (non-hydrogen) atoms. The monoisotopic (exact) mass is 350 g/mol. The van der Waals surface area contributed by atoms with Crippen LogP contribution in [0.3, 0.4) is 0 Å². The third kappa shape index (κ3) is 3.34. The van der Waals surface area contributed by atoms with Gasteiger partial charge in [0.2, 0.25) is 0 Å². The molecule has 8 nitrogen and oxygen atoms in total. The average molecular weight is 350 g/mol. The van der Waals surface area contributed by atoms with E-state index in [-0.39, 0.29) is 12.1 Å². The van der Waals surface area contributed by atoms with Crippen LogP contribution in [0.4, 0.5) is 10.5 Å². The summed E-state index contributed by atoms with van der Waals surface area (Å²) >= 11 is 0. The van der Waals surface area contributed by atoms with E-state index in [0.29, 0.717) is 12.2 Å². The Labute approximate surface area is 150 Å². The van der Waals surface area contributed by atoms with Crippen LogP contribution in [0.2, 0.25) is 0 Å². The quantitative estimate of drug-likeness (QED) is 0.751. The Bertz CT molecular complexity index is 900. The second-order valence-corrected chi connectivity index (χ2v) is 6.14. The highest BCUT2D eigenvalue weighted by molar-refractivity contribution is 5.89. The number of nitrogens with one attached hydrogen (secondary N) is 2. The number of para-hydroxylation sites is 1. The lowest BCUT2D eigenvalue weighted by Gasteiger charge is -2.13. The number of amides is 2. The minimum Gasteiger partial charge on any atom is -0.488 e. The van der Waals surface area contributed by atoms with Gasteiger partial charge in [0.1, 0.15) is 18.2 Å². The van der Waals surface area contributed by atoms with Crippen LogP contribution in [0.15, 0.2) is 48.8 Å². The number of hydrogen-bond acceptors (Lipinski definition) is 5. The van der Waals surface area contributed by atoms with Crippen molar-refractivity contribution >= 4 is 11.7 Å². The molecule has 2 aromatic carbocycles. The van der Waals surface area contributed by atoms with E-state index >= 15 is 0 Å². The van der Waals surface area contributed by atoms with Crippen molar-refractivity contribution in [2.24, 2.45) is 0 Å². The minimum atomic E-state index is -0.281. The molecule has 8 heteroatoms. The lowest BCUT2D eigenvalue weighted by Crippen LogP contribution is -2.37.